The van der Waals surface area contributed by atoms with E-state index in [0.717, 1.165) is 33.0 Å². The monoisotopic (exact) mass is 529 g/mol. The van der Waals surface area contributed by atoms with Gasteiger partial charge < -0.3 is 5.32 Å². The second-order valence-electron chi connectivity index (χ2n) is 8.31. The number of benzene rings is 2. The number of anilines is 2. The van der Waals surface area contributed by atoms with Gasteiger partial charge in [-0.05, 0) is 55.8 Å². The van der Waals surface area contributed by atoms with E-state index in [1.54, 1.807) is 18.2 Å². The molecule has 0 aromatic heterocycles. The van der Waals surface area contributed by atoms with Crippen LogP contribution in [-0.2, 0) is 19.9 Å². The lowest BCUT2D eigenvalue weighted by Gasteiger charge is -2.36. The van der Waals surface area contributed by atoms with E-state index < -0.39 is 17.4 Å². The average Bonchev–Trinajstić information content (AvgIpc) is 3.40. The molecule has 6 rings (SSSR count). The van der Waals surface area contributed by atoms with E-state index in [1.807, 2.05) is 24.3 Å². The summed E-state index contributed by atoms with van der Waals surface area (Å²) in [5, 5.41) is 2.99. The highest BCUT2D eigenvalue weighted by molar-refractivity contribution is 9.10. The Hall–Kier alpha value is -2.03. The molecule has 0 aliphatic carbocycles. The van der Waals surface area contributed by atoms with Crippen LogP contribution in [0.4, 0.5) is 11.4 Å². The van der Waals surface area contributed by atoms with Crippen molar-refractivity contribution in [2.24, 2.45) is 11.8 Å². The molecular weight excluding hydrogens is 514 g/mol. The quantitative estimate of drug-likeness (QED) is 0.571. The van der Waals surface area contributed by atoms with Gasteiger partial charge in [-0.2, -0.15) is 0 Å². The van der Waals surface area contributed by atoms with Gasteiger partial charge in [-0.15, -0.1) is 0 Å². The van der Waals surface area contributed by atoms with E-state index in [2.05, 4.69) is 42.1 Å². The Morgan fingerprint density at radius 1 is 1.00 bits per heavy atom. The van der Waals surface area contributed by atoms with Crippen molar-refractivity contribution in [3.8, 4) is 0 Å². The molecule has 4 atom stereocenters. The Kier molecular flexibility index (Phi) is 3.90. The third-order valence-corrected chi connectivity index (χ3v) is 8.01. The van der Waals surface area contributed by atoms with Crippen LogP contribution in [0.5, 0.6) is 0 Å². The number of hydrogen-bond acceptors (Lipinski definition) is 4. The fourth-order valence-corrected chi connectivity index (χ4v) is 6.79. The molecule has 2 aromatic carbocycles. The van der Waals surface area contributed by atoms with Gasteiger partial charge in [0.05, 0.1) is 17.5 Å². The van der Waals surface area contributed by atoms with Crippen molar-refractivity contribution < 1.29 is 14.4 Å². The Labute approximate surface area is 189 Å². The number of amides is 3. The van der Waals surface area contributed by atoms with E-state index in [1.165, 1.54) is 4.90 Å². The third kappa shape index (κ3) is 2.14. The summed E-state index contributed by atoms with van der Waals surface area (Å²) in [5.74, 6) is -1.94. The highest BCUT2D eigenvalue weighted by atomic mass is 79.9. The maximum Gasteiger partial charge on any atom is 0.250 e. The van der Waals surface area contributed by atoms with Crippen molar-refractivity contribution in [3.05, 3.63) is 57.0 Å². The first-order valence-electron chi connectivity index (χ1n) is 9.96. The molecule has 0 unspecified atom stereocenters. The second kappa shape index (κ2) is 6.24. The Morgan fingerprint density at radius 3 is 2.60 bits per heavy atom. The first-order valence-corrected chi connectivity index (χ1v) is 11.5. The van der Waals surface area contributed by atoms with Gasteiger partial charge in [-0.25, -0.2) is 4.90 Å². The molecule has 1 N–H and O–H groups in total. The summed E-state index contributed by atoms with van der Waals surface area (Å²) in [5.41, 5.74) is 0.911. The van der Waals surface area contributed by atoms with Crippen LogP contribution in [0.3, 0.4) is 0 Å². The van der Waals surface area contributed by atoms with Crippen LogP contribution in [0, 0.1) is 11.8 Å². The van der Waals surface area contributed by atoms with Crippen LogP contribution >= 0.6 is 31.9 Å². The zero-order valence-electron chi connectivity index (χ0n) is 15.8. The van der Waals surface area contributed by atoms with Gasteiger partial charge in [-0.3, -0.25) is 19.3 Å². The standard InChI is InChI=1S/C22H17Br2N3O3/c23-11-3-1-4-13(9-11)27-19(28)17-16-5-2-8-26(16)22(18(17)20(27)29)14-10-12(24)6-7-15(14)25-21(22)30/h1,3-4,6-7,9-10,16-18H,2,5,8H2,(H,25,30)/t16-,17+,18-,22-/m0/s1. The number of halogens is 2. The van der Waals surface area contributed by atoms with Crippen LogP contribution in [0.2, 0.25) is 0 Å². The summed E-state index contributed by atoms with van der Waals surface area (Å²) in [6, 6.07) is 12.7. The smallest absolute Gasteiger partial charge is 0.250 e. The summed E-state index contributed by atoms with van der Waals surface area (Å²) in [4.78, 5) is 44.4. The molecule has 8 heteroatoms. The first-order chi connectivity index (χ1) is 14.4. The van der Waals surface area contributed by atoms with Crippen LogP contribution in [0.25, 0.3) is 0 Å². The summed E-state index contributed by atoms with van der Waals surface area (Å²) in [6.45, 7) is 0.703. The molecule has 3 amide bonds. The van der Waals surface area contributed by atoms with Gasteiger partial charge in [0, 0.05) is 26.2 Å². The zero-order chi connectivity index (χ0) is 20.8. The fraction of sp³-hybridized carbons (Fsp3) is 0.318. The minimum atomic E-state index is -1.14. The molecule has 152 valence electrons. The molecule has 1 spiro atoms. The Bertz CT molecular complexity index is 1150. The van der Waals surface area contributed by atoms with Crippen molar-refractivity contribution in [2.45, 2.75) is 24.4 Å². The summed E-state index contributed by atoms with van der Waals surface area (Å²) in [7, 11) is 0. The molecule has 30 heavy (non-hydrogen) atoms. The summed E-state index contributed by atoms with van der Waals surface area (Å²) in [6.07, 6.45) is 1.72. The van der Waals surface area contributed by atoms with E-state index in [0.29, 0.717) is 12.2 Å². The number of hydrogen-bond donors (Lipinski definition) is 1. The summed E-state index contributed by atoms with van der Waals surface area (Å²) >= 11 is 6.95. The predicted octanol–water partition coefficient (Wildman–Crippen LogP) is 3.64. The Balaban J connectivity index is 1.57. The highest BCUT2D eigenvalue weighted by Gasteiger charge is 2.74. The van der Waals surface area contributed by atoms with Gasteiger partial charge in [0.25, 0.3) is 0 Å². The van der Waals surface area contributed by atoms with Crippen LogP contribution in [0.15, 0.2) is 51.4 Å². The maximum atomic E-state index is 13.8. The molecule has 4 aliphatic rings. The number of nitrogens with zero attached hydrogens (tertiary/aromatic N) is 2. The van der Waals surface area contributed by atoms with Gasteiger partial charge in [0.1, 0.15) is 5.54 Å². The molecule has 6 nitrogen and oxygen atoms in total. The van der Waals surface area contributed by atoms with Crippen molar-refractivity contribution in [2.75, 3.05) is 16.8 Å². The summed E-state index contributed by atoms with van der Waals surface area (Å²) < 4.78 is 1.64. The molecule has 0 radical (unpaired) electrons. The van der Waals surface area contributed by atoms with E-state index in [-0.39, 0.29) is 23.8 Å². The van der Waals surface area contributed by atoms with Crippen LogP contribution in [-0.4, -0.2) is 35.2 Å². The lowest BCUT2D eigenvalue weighted by molar-refractivity contribution is -0.135. The topological polar surface area (TPSA) is 69.7 Å². The molecule has 0 bridgehead atoms. The lowest BCUT2D eigenvalue weighted by Crippen LogP contribution is -2.54. The SMILES string of the molecule is O=C1[C@H]2[C@@H](C(=O)N1c1cccc(Br)c1)[C@@]1(C(=O)Nc3ccc(Br)cc31)N1CCC[C@@H]21. The molecule has 4 aliphatic heterocycles. The fourth-order valence-electron chi connectivity index (χ4n) is 6.04. The number of rotatable bonds is 1. The van der Waals surface area contributed by atoms with E-state index in [9.17, 15) is 14.4 Å². The number of imide groups is 1. The number of carbonyl (C=O) groups is 3. The average molecular weight is 531 g/mol. The molecular formula is C22H17Br2N3O3. The van der Waals surface area contributed by atoms with Gasteiger partial charge in [0.15, 0.2) is 0 Å². The predicted molar refractivity (Wildman–Crippen MR) is 118 cm³/mol. The maximum absolute atomic E-state index is 13.8. The molecule has 4 heterocycles. The minimum Gasteiger partial charge on any atom is -0.324 e. The van der Waals surface area contributed by atoms with Crippen LogP contribution < -0.4 is 10.2 Å². The van der Waals surface area contributed by atoms with Gasteiger partial charge >= 0.3 is 0 Å². The Morgan fingerprint density at radius 2 is 1.80 bits per heavy atom. The highest BCUT2D eigenvalue weighted by Crippen LogP contribution is 2.60. The lowest BCUT2D eigenvalue weighted by atomic mass is 9.75. The molecule has 3 fully saturated rings. The molecule has 2 aromatic rings. The normalized spacial score (nSPS) is 32.0. The van der Waals surface area contributed by atoms with Crippen molar-refractivity contribution in [3.63, 3.8) is 0 Å². The zero-order valence-corrected chi connectivity index (χ0v) is 18.9. The van der Waals surface area contributed by atoms with E-state index in [4.69, 9.17) is 0 Å². The molecule has 0 saturated carbocycles. The number of carbonyl (C=O) groups excluding carboxylic acids is 3. The first kappa shape index (κ1) is 18.7. The largest absolute Gasteiger partial charge is 0.324 e. The minimum absolute atomic E-state index is 0.112. The number of fused-ring (bicyclic) bond motifs is 7. The van der Waals surface area contributed by atoms with Crippen molar-refractivity contribution in [1.29, 1.82) is 0 Å². The third-order valence-electron chi connectivity index (χ3n) is 7.02. The number of nitrogens with one attached hydrogen (secondary N) is 1. The van der Waals surface area contributed by atoms with Crippen molar-refractivity contribution in [1.82, 2.24) is 4.90 Å². The van der Waals surface area contributed by atoms with E-state index >= 15 is 0 Å². The van der Waals surface area contributed by atoms with Crippen LogP contribution in [0.1, 0.15) is 18.4 Å². The van der Waals surface area contributed by atoms with Gasteiger partial charge in [0.2, 0.25) is 17.7 Å². The second-order valence-corrected chi connectivity index (χ2v) is 10.1. The van der Waals surface area contributed by atoms with Crippen molar-refractivity contribution >= 4 is 61.0 Å². The van der Waals surface area contributed by atoms with Gasteiger partial charge in [-0.1, -0.05) is 37.9 Å². The molecule has 3 saturated heterocycles.